The van der Waals surface area contributed by atoms with Crippen LogP contribution in [0.4, 0.5) is 0 Å². The van der Waals surface area contributed by atoms with Crippen molar-refractivity contribution in [2.75, 3.05) is 0 Å². The van der Waals surface area contributed by atoms with E-state index in [1.807, 2.05) is 60.8 Å². The number of nitrogens with zero attached hydrogens (tertiary/aromatic N) is 2. The molecular weight excluding hydrogens is 765 g/mol. The SMILES string of the molecule is [2H]C1(c2ccnc(-c3[c-]ccc4c3oc3cc5c(ccc6ccccc65)cc34)c2)CCC(C)(C)CC1.[Ir].[c-]1ccccc1-c1ccccn1. The van der Waals surface area contributed by atoms with E-state index in [9.17, 15) is 1.37 Å². The first-order valence-electron chi connectivity index (χ1n) is 16.9. The zero-order valence-electron chi connectivity index (χ0n) is 28.1. The van der Waals surface area contributed by atoms with Gasteiger partial charge in [-0.25, -0.2) is 0 Å². The average molecular weight is 802 g/mol. The molecule has 239 valence electrons. The smallest absolute Gasteiger partial charge is 0.121 e. The third-order valence-electron chi connectivity index (χ3n) is 9.58. The van der Waals surface area contributed by atoms with Crippen LogP contribution >= 0.6 is 0 Å². The van der Waals surface area contributed by atoms with Crippen LogP contribution in [0, 0.1) is 17.5 Å². The summed E-state index contributed by atoms with van der Waals surface area (Å²) in [5.74, 6) is -0.562. The van der Waals surface area contributed by atoms with Crippen LogP contribution in [0.25, 0.3) is 66.0 Å². The molecule has 0 aliphatic heterocycles. The number of pyridine rings is 2. The van der Waals surface area contributed by atoms with E-state index < -0.39 is 5.89 Å². The molecule has 0 amide bonds. The molecule has 8 aromatic rings. The Hall–Kier alpha value is -4.63. The first kappa shape index (κ1) is 30.7. The summed E-state index contributed by atoms with van der Waals surface area (Å²) in [5.41, 5.74) is 6.74. The molecule has 1 aliphatic carbocycles. The van der Waals surface area contributed by atoms with Gasteiger partial charge >= 0.3 is 0 Å². The molecule has 9 rings (SSSR count). The Kier molecular flexibility index (Phi) is 8.61. The Labute approximate surface area is 296 Å². The van der Waals surface area contributed by atoms with Gasteiger partial charge in [0.25, 0.3) is 0 Å². The predicted octanol–water partition coefficient (Wildman–Crippen LogP) is 12.0. The van der Waals surface area contributed by atoms with Crippen LogP contribution in [-0.2, 0) is 20.1 Å². The minimum Gasteiger partial charge on any atom is -0.501 e. The molecular formula is C44H36IrN2O-2. The fourth-order valence-corrected chi connectivity index (χ4v) is 6.81. The van der Waals surface area contributed by atoms with Gasteiger partial charge in [0.05, 0.1) is 5.58 Å². The van der Waals surface area contributed by atoms with E-state index in [1.165, 1.54) is 21.5 Å². The minimum absolute atomic E-state index is 0. The van der Waals surface area contributed by atoms with Gasteiger partial charge < -0.3 is 14.4 Å². The van der Waals surface area contributed by atoms with E-state index in [1.54, 1.807) is 6.20 Å². The first-order chi connectivity index (χ1) is 23.4. The van der Waals surface area contributed by atoms with E-state index in [4.69, 9.17) is 9.40 Å². The van der Waals surface area contributed by atoms with E-state index in [0.717, 1.165) is 75.7 Å². The quantitative estimate of drug-likeness (QED) is 0.132. The molecule has 0 saturated heterocycles. The van der Waals surface area contributed by atoms with Gasteiger partial charge in [-0.3, -0.25) is 0 Å². The molecule has 1 radical (unpaired) electrons. The van der Waals surface area contributed by atoms with Gasteiger partial charge in [0.2, 0.25) is 0 Å². The van der Waals surface area contributed by atoms with Crippen LogP contribution in [0.1, 0.15) is 52.4 Å². The maximum atomic E-state index is 9.24. The molecule has 3 heterocycles. The van der Waals surface area contributed by atoms with E-state index >= 15 is 0 Å². The number of furan rings is 1. The van der Waals surface area contributed by atoms with Crippen molar-refractivity contribution in [3.63, 3.8) is 0 Å². The van der Waals surface area contributed by atoms with Gasteiger partial charge in [-0.15, -0.1) is 54.1 Å². The third-order valence-corrected chi connectivity index (χ3v) is 9.58. The van der Waals surface area contributed by atoms with Crippen molar-refractivity contribution in [3.05, 3.63) is 145 Å². The van der Waals surface area contributed by atoms with Crippen molar-refractivity contribution in [2.45, 2.75) is 45.4 Å². The summed E-state index contributed by atoms with van der Waals surface area (Å²) in [4.78, 5) is 8.92. The van der Waals surface area contributed by atoms with E-state index in [2.05, 4.69) is 91.6 Å². The maximum absolute atomic E-state index is 9.24. The van der Waals surface area contributed by atoms with Crippen LogP contribution in [0.2, 0.25) is 0 Å². The summed E-state index contributed by atoms with van der Waals surface area (Å²) < 4.78 is 15.8. The van der Waals surface area contributed by atoms with Gasteiger partial charge in [0.1, 0.15) is 5.58 Å². The summed E-state index contributed by atoms with van der Waals surface area (Å²) in [6.45, 7) is 4.63. The standard InChI is InChI=1S/C33H28NO.C11H8N.Ir/c1-33(2)15-12-21(13-16-33)23-14-17-34-30(19-23)27-9-5-8-26-29-18-24-11-10-22-6-3-4-7-25(22)28(24)20-31(29)35-32(26)27;1-2-6-10(7-3-1)11-8-4-5-9-12-11;/h3-8,10-11,14,17-21H,12-13,15-16H2,1-2H3;1-6,8-9H;/q2*-1;/i21D;;. The second-order valence-corrected chi connectivity index (χ2v) is 13.2. The molecule has 0 atom stereocenters. The van der Waals surface area contributed by atoms with Crippen molar-refractivity contribution in [1.29, 1.82) is 0 Å². The molecule has 1 aliphatic rings. The number of benzene rings is 5. The molecule has 5 aromatic carbocycles. The molecule has 1 fully saturated rings. The van der Waals surface area contributed by atoms with Gasteiger partial charge in [0, 0.05) is 39.3 Å². The zero-order valence-corrected chi connectivity index (χ0v) is 29.5. The summed E-state index contributed by atoms with van der Waals surface area (Å²) in [6.07, 6.45) is 7.53. The average Bonchev–Trinajstić information content (AvgIpc) is 3.51. The molecule has 0 N–H and O–H groups in total. The maximum Gasteiger partial charge on any atom is 0.121 e. The van der Waals surface area contributed by atoms with Crippen molar-refractivity contribution in [3.8, 4) is 22.5 Å². The molecule has 3 nitrogen and oxygen atoms in total. The number of hydrogen-bond donors (Lipinski definition) is 0. The molecule has 0 bridgehead atoms. The van der Waals surface area contributed by atoms with Crippen molar-refractivity contribution in [1.82, 2.24) is 9.97 Å². The van der Waals surface area contributed by atoms with Crippen LogP contribution in [-0.4, -0.2) is 9.97 Å². The fourth-order valence-electron chi connectivity index (χ4n) is 6.81. The molecule has 48 heavy (non-hydrogen) atoms. The number of rotatable bonds is 3. The van der Waals surface area contributed by atoms with E-state index in [-0.39, 0.29) is 20.1 Å². The Bertz CT molecular complexity index is 2350. The minimum atomic E-state index is -0.562. The van der Waals surface area contributed by atoms with Crippen LogP contribution in [0.5, 0.6) is 0 Å². The Morgan fingerprint density at radius 3 is 2.29 bits per heavy atom. The third kappa shape index (κ3) is 6.31. The Balaban J connectivity index is 0.000000246. The van der Waals surface area contributed by atoms with Crippen molar-refractivity contribution >= 4 is 43.5 Å². The number of hydrogen-bond acceptors (Lipinski definition) is 3. The molecule has 0 unspecified atom stereocenters. The number of aromatic nitrogens is 2. The second kappa shape index (κ2) is 13.5. The largest absolute Gasteiger partial charge is 0.501 e. The van der Waals surface area contributed by atoms with Gasteiger partial charge in [-0.05, 0) is 94.2 Å². The molecule has 4 heteroatoms. The molecule has 3 aromatic heterocycles. The summed E-state index contributed by atoms with van der Waals surface area (Å²) in [6, 6.07) is 45.6. The number of fused-ring (bicyclic) bond motifs is 6. The van der Waals surface area contributed by atoms with Crippen molar-refractivity contribution in [2.24, 2.45) is 5.41 Å². The fraction of sp³-hybridized carbons (Fsp3) is 0.182. The Morgan fingerprint density at radius 1 is 0.688 bits per heavy atom. The van der Waals surface area contributed by atoms with Gasteiger partial charge in [-0.2, -0.15) is 0 Å². The first-order valence-corrected chi connectivity index (χ1v) is 16.4. The summed E-state index contributed by atoms with van der Waals surface area (Å²) in [5, 5.41) is 7.03. The topological polar surface area (TPSA) is 38.9 Å². The van der Waals surface area contributed by atoms with Crippen LogP contribution in [0.3, 0.4) is 0 Å². The van der Waals surface area contributed by atoms with Gasteiger partial charge in [-0.1, -0.05) is 85.0 Å². The summed E-state index contributed by atoms with van der Waals surface area (Å²) >= 11 is 0. The predicted molar refractivity (Wildman–Crippen MR) is 194 cm³/mol. The van der Waals surface area contributed by atoms with Crippen molar-refractivity contribution < 1.29 is 25.9 Å². The second-order valence-electron chi connectivity index (χ2n) is 13.2. The van der Waals surface area contributed by atoms with Crippen LogP contribution in [0.15, 0.2) is 132 Å². The zero-order chi connectivity index (χ0) is 32.7. The normalized spacial score (nSPS) is 15.4. The van der Waals surface area contributed by atoms with Gasteiger partial charge in [0.15, 0.2) is 0 Å². The van der Waals surface area contributed by atoms with E-state index in [0.29, 0.717) is 5.41 Å². The molecule has 1 saturated carbocycles. The Morgan fingerprint density at radius 2 is 1.48 bits per heavy atom. The monoisotopic (exact) mass is 802 g/mol. The molecule has 0 spiro atoms. The van der Waals surface area contributed by atoms with Crippen LogP contribution < -0.4 is 0 Å². The summed E-state index contributed by atoms with van der Waals surface area (Å²) in [7, 11) is 0.